The highest BCUT2D eigenvalue weighted by atomic mass is 35.5. The van der Waals surface area contributed by atoms with Crippen LogP contribution < -0.4 is 16.2 Å². The van der Waals surface area contributed by atoms with Crippen LogP contribution in [0.5, 0.6) is 0 Å². The molecule has 0 aliphatic heterocycles. The molecule has 0 bridgehead atoms. The maximum Gasteiger partial charge on any atom is 0.306 e. The molecule has 3 N–H and O–H groups in total. The van der Waals surface area contributed by atoms with Crippen LogP contribution in [0.15, 0.2) is 18.6 Å². The molecule has 2 aromatic rings. The molecular weight excluding hydrogens is 384 g/mol. The van der Waals surface area contributed by atoms with Gasteiger partial charge in [-0.15, -0.1) is 12.4 Å². The number of hydrogen-bond donors (Lipinski definition) is 3. The van der Waals surface area contributed by atoms with Gasteiger partial charge in [0.25, 0.3) is 0 Å². The largest absolute Gasteiger partial charge is 0.329 e. The maximum absolute atomic E-state index is 11.8. The average Bonchev–Trinajstić information content (AvgIpc) is 3.19. The Bertz CT molecular complexity index is 790. The number of nitrogens with one attached hydrogen (secondary N) is 3. The third-order valence-corrected chi connectivity index (χ3v) is 3.57. The molecule has 0 saturated heterocycles. The zero-order valence-electron chi connectivity index (χ0n) is 14.1. The van der Waals surface area contributed by atoms with Crippen LogP contribution in [0.2, 0.25) is 0 Å². The number of aromatic nitrogens is 4. The molecule has 2 aromatic heterocycles. The molecule has 0 spiro atoms. The predicted octanol–water partition coefficient (Wildman–Crippen LogP) is 1.15. The number of nitrogens with zero attached hydrogens (tertiary/aromatic N) is 5. The van der Waals surface area contributed by atoms with E-state index in [9.17, 15) is 14.9 Å². The van der Waals surface area contributed by atoms with Crippen molar-refractivity contribution in [1.29, 1.82) is 0 Å². The maximum atomic E-state index is 11.8. The fourth-order valence-electron chi connectivity index (χ4n) is 2.02. The molecule has 0 aromatic carbocycles. The number of amides is 1. The first-order valence-electron chi connectivity index (χ1n) is 7.45. The molecule has 2 heterocycles. The van der Waals surface area contributed by atoms with Crippen molar-refractivity contribution in [2.45, 2.75) is 33.4 Å². The summed E-state index contributed by atoms with van der Waals surface area (Å²) >= 11 is 5.10. The Morgan fingerprint density at radius 2 is 2.08 bits per heavy atom. The van der Waals surface area contributed by atoms with Gasteiger partial charge in [-0.2, -0.15) is 10.2 Å². The summed E-state index contributed by atoms with van der Waals surface area (Å²) < 4.78 is 3.14. The van der Waals surface area contributed by atoms with Gasteiger partial charge in [0.15, 0.2) is 5.11 Å². The van der Waals surface area contributed by atoms with Gasteiger partial charge >= 0.3 is 5.69 Å². The number of hydrazine groups is 1. The van der Waals surface area contributed by atoms with Crippen LogP contribution >= 0.6 is 24.6 Å². The van der Waals surface area contributed by atoms with Crippen molar-refractivity contribution in [3.8, 4) is 0 Å². The van der Waals surface area contributed by atoms with Crippen LogP contribution in [0.3, 0.4) is 0 Å². The van der Waals surface area contributed by atoms with Gasteiger partial charge in [-0.3, -0.25) is 35.1 Å². The molecule has 0 fully saturated rings. The summed E-state index contributed by atoms with van der Waals surface area (Å²) in [5, 5.41) is 21.7. The summed E-state index contributed by atoms with van der Waals surface area (Å²) in [4.78, 5) is 21.8. The monoisotopic (exact) mass is 402 g/mol. The normalized spacial score (nSPS) is 9.92. The molecule has 2 rings (SSSR count). The minimum atomic E-state index is -0.544. The highest BCUT2D eigenvalue weighted by molar-refractivity contribution is 7.80. The summed E-state index contributed by atoms with van der Waals surface area (Å²) in [5.41, 5.74) is 6.60. The smallest absolute Gasteiger partial charge is 0.306 e. The lowest BCUT2D eigenvalue weighted by Crippen LogP contribution is -2.44. The lowest BCUT2D eigenvalue weighted by Gasteiger charge is -2.11. The Hall–Kier alpha value is -2.73. The van der Waals surface area contributed by atoms with Gasteiger partial charge in [0.05, 0.1) is 29.0 Å². The fraction of sp³-hybridized carbons (Fsp3) is 0.385. The summed E-state index contributed by atoms with van der Waals surface area (Å²) in [6.07, 6.45) is 4.13. The van der Waals surface area contributed by atoms with Gasteiger partial charge in [0, 0.05) is 13.0 Å². The second-order valence-corrected chi connectivity index (χ2v) is 5.46. The molecule has 0 unspecified atom stereocenters. The van der Waals surface area contributed by atoms with Gasteiger partial charge in [-0.05, 0) is 26.1 Å². The Kier molecular flexibility index (Phi) is 7.93. The van der Waals surface area contributed by atoms with Crippen LogP contribution in [0.4, 0.5) is 11.4 Å². The minimum absolute atomic E-state index is 0. The molecule has 26 heavy (non-hydrogen) atoms. The number of hydrogen-bond acceptors (Lipinski definition) is 6. The van der Waals surface area contributed by atoms with Crippen LogP contribution in [-0.4, -0.2) is 35.5 Å². The van der Waals surface area contributed by atoms with Crippen molar-refractivity contribution in [3.63, 3.8) is 0 Å². The van der Waals surface area contributed by atoms with E-state index < -0.39 is 4.92 Å². The lowest BCUT2D eigenvalue weighted by atomic mass is 10.4. The Labute approximate surface area is 160 Å². The van der Waals surface area contributed by atoms with Gasteiger partial charge in [-0.1, -0.05) is 0 Å². The van der Waals surface area contributed by atoms with Gasteiger partial charge in [0.1, 0.15) is 12.4 Å². The average molecular weight is 403 g/mol. The fourth-order valence-corrected chi connectivity index (χ4v) is 2.18. The van der Waals surface area contributed by atoms with E-state index in [1.54, 1.807) is 6.20 Å². The van der Waals surface area contributed by atoms with E-state index in [-0.39, 0.29) is 42.1 Å². The summed E-state index contributed by atoms with van der Waals surface area (Å²) in [6, 6.07) is 0. The number of nitro groups is 1. The Morgan fingerprint density at radius 3 is 2.65 bits per heavy atom. The summed E-state index contributed by atoms with van der Waals surface area (Å²) in [6.45, 7) is 4.85. The van der Waals surface area contributed by atoms with Crippen LogP contribution in [0.1, 0.15) is 19.0 Å². The quantitative estimate of drug-likeness (QED) is 0.372. The predicted molar refractivity (Wildman–Crippen MR) is 101 cm³/mol. The minimum Gasteiger partial charge on any atom is -0.329 e. The molecule has 0 atom stereocenters. The molecule has 13 heteroatoms. The summed E-state index contributed by atoms with van der Waals surface area (Å²) in [7, 11) is 0. The Balaban J connectivity index is 0.00000338. The SMILES string of the molecule is CCn1ncc(NC(=S)NNC(=O)CCn2cc([N+](=O)[O-])cn2)c1C.Cl. The van der Waals surface area contributed by atoms with Crippen molar-refractivity contribution in [3.05, 3.63) is 34.4 Å². The number of carbonyl (C=O) groups excluding carboxylic acids is 1. The van der Waals surface area contributed by atoms with E-state index in [0.29, 0.717) is 0 Å². The standard InChI is InChI=1S/C13H18N8O3S.ClH/c1-3-20-9(2)11(7-15-20)16-13(25)18-17-12(22)4-5-19-8-10(6-14-19)21(23)24;/h6-8H,3-5H2,1-2H3,(H,17,22)(H2,16,18,25);1H. The van der Waals surface area contributed by atoms with E-state index in [1.165, 1.54) is 10.9 Å². The van der Waals surface area contributed by atoms with Crippen molar-refractivity contribution >= 4 is 47.0 Å². The van der Waals surface area contributed by atoms with Crippen LogP contribution in [0.25, 0.3) is 0 Å². The topological polar surface area (TPSA) is 132 Å². The number of rotatable bonds is 6. The third-order valence-electron chi connectivity index (χ3n) is 3.36. The van der Waals surface area contributed by atoms with Crippen LogP contribution in [0, 0.1) is 17.0 Å². The van der Waals surface area contributed by atoms with Gasteiger partial charge < -0.3 is 5.32 Å². The number of carbonyl (C=O) groups is 1. The Morgan fingerprint density at radius 1 is 1.35 bits per heavy atom. The second kappa shape index (κ2) is 9.68. The molecule has 0 aliphatic carbocycles. The van der Waals surface area contributed by atoms with E-state index in [0.717, 1.165) is 24.1 Å². The van der Waals surface area contributed by atoms with E-state index in [2.05, 4.69) is 26.4 Å². The number of aryl methyl sites for hydroxylation is 2. The first-order valence-corrected chi connectivity index (χ1v) is 7.86. The van der Waals surface area contributed by atoms with Crippen molar-refractivity contribution in [2.75, 3.05) is 5.32 Å². The molecule has 0 aliphatic rings. The molecule has 1 amide bonds. The zero-order valence-corrected chi connectivity index (χ0v) is 15.8. The van der Waals surface area contributed by atoms with E-state index in [1.807, 2.05) is 18.5 Å². The second-order valence-electron chi connectivity index (χ2n) is 5.06. The number of thiocarbonyl (C=S) groups is 1. The molecule has 142 valence electrons. The number of anilines is 1. The van der Waals surface area contributed by atoms with Crippen molar-refractivity contribution < 1.29 is 9.72 Å². The van der Waals surface area contributed by atoms with Crippen LogP contribution in [-0.2, 0) is 17.9 Å². The molecular formula is C13H19ClN8O3S. The highest BCUT2D eigenvalue weighted by Crippen LogP contribution is 2.12. The first-order chi connectivity index (χ1) is 11.9. The van der Waals surface area contributed by atoms with Gasteiger partial charge in [0.2, 0.25) is 5.91 Å². The van der Waals surface area contributed by atoms with E-state index >= 15 is 0 Å². The zero-order chi connectivity index (χ0) is 18.4. The first kappa shape index (κ1) is 21.3. The highest BCUT2D eigenvalue weighted by Gasteiger charge is 2.10. The van der Waals surface area contributed by atoms with E-state index in [4.69, 9.17) is 12.2 Å². The van der Waals surface area contributed by atoms with Gasteiger partial charge in [-0.25, -0.2) is 0 Å². The molecule has 11 nitrogen and oxygen atoms in total. The van der Waals surface area contributed by atoms with Crippen molar-refractivity contribution in [1.82, 2.24) is 30.4 Å². The lowest BCUT2D eigenvalue weighted by molar-refractivity contribution is -0.385. The third kappa shape index (κ3) is 5.67. The van der Waals surface area contributed by atoms with Crippen molar-refractivity contribution in [2.24, 2.45) is 0 Å². The summed E-state index contributed by atoms with van der Waals surface area (Å²) in [5.74, 6) is -0.330. The molecule has 0 radical (unpaired) electrons. The molecule has 0 saturated carbocycles. The number of halogens is 1.